The van der Waals surface area contributed by atoms with E-state index >= 15 is 0 Å². The third kappa shape index (κ3) is 8.06. The quantitative estimate of drug-likeness (QED) is 0.769. The van der Waals surface area contributed by atoms with Crippen LogP contribution in [0.1, 0.15) is 64.5 Å². The van der Waals surface area contributed by atoms with Crippen molar-refractivity contribution in [2.75, 3.05) is 0 Å². The second kappa shape index (κ2) is 8.82. The topological polar surface area (TPSA) is 38.3 Å². The van der Waals surface area contributed by atoms with E-state index in [0.717, 1.165) is 32.1 Å². The van der Waals surface area contributed by atoms with E-state index in [9.17, 15) is 4.79 Å². The molecular weight excluding hydrogens is 274 g/mol. The molecule has 1 unspecified atom stereocenters. The Morgan fingerprint density at radius 3 is 2.36 bits per heavy atom. The van der Waals surface area contributed by atoms with E-state index in [-0.39, 0.29) is 12.1 Å². The molecule has 0 aliphatic rings. The van der Waals surface area contributed by atoms with Crippen LogP contribution in [0.2, 0.25) is 0 Å². The Kier molecular flexibility index (Phi) is 7.43. The van der Waals surface area contributed by atoms with Gasteiger partial charge in [0, 0.05) is 6.04 Å². The molecule has 0 saturated heterocycles. The molecule has 1 aromatic carbocycles. The minimum absolute atomic E-state index is 0.199. The van der Waals surface area contributed by atoms with Gasteiger partial charge in [-0.25, -0.2) is 4.79 Å². The maximum absolute atomic E-state index is 11.9. The second-order valence-corrected chi connectivity index (χ2v) is 7.01. The van der Waals surface area contributed by atoms with Crippen LogP contribution < -0.4 is 5.32 Å². The summed E-state index contributed by atoms with van der Waals surface area (Å²) >= 11 is 0. The lowest BCUT2D eigenvalue weighted by molar-refractivity contribution is 0.0498. The van der Waals surface area contributed by atoms with Crippen LogP contribution in [-0.4, -0.2) is 17.7 Å². The molecule has 0 bridgehead atoms. The Morgan fingerprint density at radius 2 is 1.82 bits per heavy atom. The number of carbonyl (C=O) groups is 1. The molecule has 1 rings (SSSR count). The molecule has 1 aromatic rings. The van der Waals surface area contributed by atoms with Crippen LogP contribution >= 0.6 is 0 Å². The summed E-state index contributed by atoms with van der Waals surface area (Å²) in [6.45, 7) is 9.91. The maximum atomic E-state index is 11.9. The van der Waals surface area contributed by atoms with Gasteiger partial charge in [-0.1, -0.05) is 43.2 Å². The van der Waals surface area contributed by atoms with Gasteiger partial charge in [0.25, 0.3) is 0 Å². The van der Waals surface area contributed by atoms with E-state index in [1.807, 2.05) is 20.8 Å². The van der Waals surface area contributed by atoms with E-state index in [2.05, 4.69) is 43.4 Å². The fraction of sp³-hybridized carbons (Fsp3) is 0.632. The second-order valence-electron chi connectivity index (χ2n) is 7.01. The summed E-state index contributed by atoms with van der Waals surface area (Å²) in [6, 6.07) is 8.87. The highest BCUT2D eigenvalue weighted by atomic mass is 16.6. The largest absolute Gasteiger partial charge is 0.444 e. The lowest BCUT2D eigenvalue weighted by Crippen LogP contribution is -2.39. The summed E-state index contributed by atoms with van der Waals surface area (Å²) in [6.07, 6.45) is 4.86. The molecule has 0 radical (unpaired) electrons. The summed E-state index contributed by atoms with van der Waals surface area (Å²) in [7, 11) is 0. The molecule has 0 aromatic heterocycles. The average molecular weight is 305 g/mol. The number of alkyl carbamates (subject to hydrolysis) is 1. The summed E-state index contributed by atoms with van der Waals surface area (Å²) in [5, 5.41) is 3.01. The van der Waals surface area contributed by atoms with Gasteiger partial charge in [0.1, 0.15) is 5.60 Å². The Morgan fingerprint density at radius 1 is 1.18 bits per heavy atom. The average Bonchev–Trinajstić information content (AvgIpc) is 2.39. The molecule has 0 aliphatic heterocycles. The van der Waals surface area contributed by atoms with E-state index in [1.54, 1.807) is 0 Å². The van der Waals surface area contributed by atoms with Crippen LogP contribution in [0.3, 0.4) is 0 Å². The highest BCUT2D eigenvalue weighted by Gasteiger charge is 2.18. The predicted octanol–water partition coefficient (Wildman–Crippen LogP) is 5.01. The molecule has 0 aliphatic carbocycles. The third-order valence-corrected chi connectivity index (χ3v) is 3.50. The number of hydrogen-bond acceptors (Lipinski definition) is 2. The summed E-state index contributed by atoms with van der Waals surface area (Å²) in [5.74, 6) is 0. The molecule has 0 heterocycles. The zero-order valence-electron chi connectivity index (χ0n) is 14.7. The number of aryl methyl sites for hydroxylation is 2. The SMILES string of the molecule is CCCC(CCCc1ccc(C)cc1)NC(=O)OC(C)(C)C. The normalized spacial score (nSPS) is 12.8. The molecule has 22 heavy (non-hydrogen) atoms. The van der Waals surface area contributed by atoms with Crippen molar-refractivity contribution in [1.29, 1.82) is 0 Å². The van der Waals surface area contributed by atoms with Crippen molar-refractivity contribution in [2.45, 2.75) is 78.4 Å². The highest BCUT2D eigenvalue weighted by molar-refractivity contribution is 5.68. The fourth-order valence-electron chi connectivity index (χ4n) is 2.42. The summed E-state index contributed by atoms with van der Waals surface area (Å²) in [4.78, 5) is 11.9. The number of benzene rings is 1. The van der Waals surface area contributed by atoms with Gasteiger partial charge in [0.05, 0.1) is 0 Å². The Bertz CT molecular complexity index is 445. The number of rotatable bonds is 7. The molecule has 0 saturated carbocycles. The molecule has 1 atom stereocenters. The van der Waals surface area contributed by atoms with Gasteiger partial charge in [-0.2, -0.15) is 0 Å². The molecule has 3 heteroatoms. The Balaban J connectivity index is 2.40. The number of amides is 1. The van der Waals surface area contributed by atoms with Crippen molar-refractivity contribution in [1.82, 2.24) is 5.32 Å². The van der Waals surface area contributed by atoms with Crippen LogP contribution in [0.25, 0.3) is 0 Å². The Labute approximate surface area is 135 Å². The van der Waals surface area contributed by atoms with Gasteiger partial charge in [0.15, 0.2) is 0 Å². The first-order valence-electron chi connectivity index (χ1n) is 8.35. The first kappa shape index (κ1) is 18.5. The van der Waals surface area contributed by atoms with Crippen molar-refractivity contribution in [3.8, 4) is 0 Å². The van der Waals surface area contributed by atoms with Crippen molar-refractivity contribution >= 4 is 6.09 Å². The van der Waals surface area contributed by atoms with Crippen LogP contribution in [0.5, 0.6) is 0 Å². The standard InChI is InChI=1S/C19H31NO2/c1-6-8-17(20-18(21)22-19(3,4)5)10-7-9-16-13-11-15(2)12-14-16/h11-14,17H,6-10H2,1-5H3,(H,20,21). The lowest BCUT2D eigenvalue weighted by Gasteiger charge is -2.23. The molecular formula is C19H31NO2. The van der Waals surface area contributed by atoms with Gasteiger partial charge < -0.3 is 10.1 Å². The van der Waals surface area contributed by atoms with Gasteiger partial charge in [-0.05, 0) is 58.9 Å². The summed E-state index contributed by atoms with van der Waals surface area (Å²) in [5.41, 5.74) is 2.21. The zero-order chi connectivity index (χ0) is 16.6. The highest BCUT2D eigenvalue weighted by Crippen LogP contribution is 2.12. The van der Waals surface area contributed by atoms with E-state index in [0.29, 0.717) is 0 Å². The minimum atomic E-state index is -0.442. The number of nitrogens with one attached hydrogen (secondary N) is 1. The third-order valence-electron chi connectivity index (χ3n) is 3.50. The molecule has 1 amide bonds. The predicted molar refractivity (Wildman–Crippen MR) is 92.2 cm³/mol. The lowest BCUT2D eigenvalue weighted by atomic mass is 10.0. The van der Waals surface area contributed by atoms with Gasteiger partial charge in [-0.3, -0.25) is 0 Å². The van der Waals surface area contributed by atoms with E-state index < -0.39 is 5.60 Å². The number of hydrogen-bond donors (Lipinski definition) is 1. The number of carbonyl (C=O) groups excluding carboxylic acids is 1. The van der Waals surface area contributed by atoms with Gasteiger partial charge in [0.2, 0.25) is 0 Å². The first-order valence-corrected chi connectivity index (χ1v) is 8.35. The fourth-order valence-corrected chi connectivity index (χ4v) is 2.42. The zero-order valence-corrected chi connectivity index (χ0v) is 14.7. The van der Waals surface area contributed by atoms with Crippen molar-refractivity contribution in [3.05, 3.63) is 35.4 Å². The van der Waals surface area contributed by atoms with Crippen LogP contribution in [0.15, 0.2) is 24.3 Å². The van der Waals surface area contributed by atoms with Crippen molar-refractivity contribution in [2.24, 2.45) is 0 Å². The number of ether oxygens (including phenoxy) is 1. The maximum Gasteiger partial charge on any atom is 0.407 e. The van der Waals surface area contributed by atoms with Crippen LogP contribution in [-0.2, 0) is 11.2 Å². The Hall–Kier alpha value is -1.51. The van der Waals surface area contributed by atoms with Gasteiger partial charge in [-0.15, -0.1) is 0 Å². The van der Waals surface area contributed by atoms with E-state index in [1.165, 1.54) is 11.1 Å². The summed E-state index contributed by atoms with van der Waals surface area (Å²) < 4.78 is 5.34. The van der Waals surface area contributed by atoms with E-state index in [4.69, 9.17) is 4.74 Å². The molecule has 3 nitrogen and oxygen atoms in total. The van der Waals surface area contributed by atoms with Gasteiger partial charge >= 0.3 is 6.09 Å². The monoisotopic (exact) mass is 305 g/mol. The van der Waals surface area contributed by atoms with Crippen molar-refractivity contribution < 1.29 is 9.53 Å². The van der Waals surface area contributed by atoms with Crippen LogP contribution in [0, 0.1) is 6.92 Å². The minimum Gasteiger partial charge on any atom is -0.444 e. The molecule has 0 fully saturated rings. The molecule has 0 spiro atoms. The first-order chi connectivity index (χ1) is 10.3. The smallest absolute Gasteiger partial charge is 0.407 e. The van der Waals surface area contributed by atoms with Crippen LogP contribution in [0.4, 0.5) is 4.79 Å². The van der Waals surface area contributed by atoms with Crippen molar-refractivity contribution in [3.63, 3.8) is 0 Å². The molecule has 1 N–H and O–H groups in total. The molecule has 124 valence electrons.